The van der Waals surface area contributed by atoms with E-state index in [1.165, 1.54) is 0 Å². The van der Waals surface area contributed by atoms with E-state index in [9.17, 15) is 9.59 Å². The maximum atomic E-state index is 13.5. The summed E-state index contributed by atoms with van der Waals surface area (Å²) in [5, 5.41) is 0.566. The molecule has 0 bridgehead atoms. The largest absolute Gasteiger partial charge is 0.444 e. The van der Waals surface area contributed by atoms with Gasteiger partial charge in [0.2, 0.25) is 0 Å². The standard InChI is InChI=1S/C23H24IN3O3/c1-23(2,3)30-22(29)26-14-8-13-18(26)20-25-19-16(11-7-12-17(19)24)21(28)27(20)15-9-5-4-6-10-15/h4-7,9-12,18H,8,13-14H2,1-3H3. The minimum atomic E-state index is -0.588. The molecule has 1 atom stereocenters. The number of rotatable bonds is 2. The van der Waals surface area contributed by atoms with E-state index in [2.05, 4.69) is 22.6 Å². The molecule has 7 heteroatoms. The van der Waals surface area contributed by atoms with Crippen molar-refractivity contribution >= 4 is 39.6 Å². The normalized spacial score (nSPS) is 16.8. The van der Waals surface area contributed by atoms with Crippen LogP contribution in [0.3, 0.4) is 0 Å². The van der Waals surface area contributed by atoms with Gasteiger partial charge in [-0.1, -0.05) is 24.3 Å². The van der Waals surface area contributed by atoms with E-state index >= 15 is 0 Å². The van der Waals surface area contributed by atoms with Crippen LogP contribution in [0.15, 0.2) is 53.3 Å². The highest BCUT2D eigenvalue weighted by Gasteiger charge is 2.36. The van der Waals surface area contributed by atoms with Crippen molar-refractivity contribution < 1.29 is 9.53 Å². The van der Waals surface area contributed by atoms with Crippen LogP contribution in [0.1, 0.15) is 45.5 Å². The lowest BCUT2D eigenvalue weighted by Gasteiger charge is -2.29. The van der Waals surface area contributed by atoms with Crippen LogP contribution in [0.4, 0.5) is 4.79 Å². The third-order valence-electron chi connectivity index (χ3n) is 5.07. The molecule has 1 aromatic heterocycles. The molecule has 1 unspecified atom stereocenters. The fourth-order valence-electron chi connectivity index (χ4n) is 3.81. The number of aromatic nitrogens is 2. The predicted molar refractivity (Wildman–Crippen MR) is 125 cm³/mol. The van der Waals surface area contributed by atoms with Crippen molar-refractivity contribution in [2.75, 3.05) is 6.54 Å². The number of amides is 1. The molecule has 0 N–H and O–H groups in total. The number of likely N-dealkylation sites (tertiary alicyclic amines) is 1. The van der Waals surface area contributed by atoms with Gasteiger partial charge >= 0.3 is 6.09 Å². The zero-order valence-corrected chi connectivity index (χ0v) is 19.4. The van der Waals surface area contributed by atoms with E-state index in [0.29, 0.717) is 23.3 Å². The zero-order valence-electron chi connectivity index (χ0n) is 17.3. The average molecular weight is 517 g/mol. The molecule has 1 aliphatic heterocycles. The monoisotopic (exact) mass is 517 g/mol. The summed E-state index contributed by atoms with van der Waals surface area (Å²) in [6.45, 7) is 6.14. The Morgan fingerprint density at radius 2 is 1.87 bits per heavy atom. The molecule has 1 fully saturated rings. The molecular weight excluding hydrogens is 493 g/mol. The van der Waals surface area contributed by atoms with Crippen LogP contribution >= 0.6 is 22.6 Å². The highest BCUT2D eigenvalue weighted by Crippen LogP contribution is 2.34. The SMILES string of the molecule is CC(C)(C)OC(=O)N1CCCC1c1nc2c(I)cccc2c(=O)n1-c1ccccc1. The molecule has 0 spiro atoms. The molecule has 4 rings (SSSR count). The van der Waals surface area contributed by atoms with E-state index in [1.54, 1.807) is 15.5 Å². The summed E-state index contributed by atoms with van der Waals surface area (Å²) in [5.41, 5.74) is 0.689. The Bertz CT molecular complexity index is 1150. The Morgan fingerprint density at radius 3 is 2.57 bits per heavy atom. The molecule has 2 aromatic carbocycles. The number of benzene rings is 2. The number of halogens is 1. The van der Waals surface area contributed by atoms with Crippen LogP contribution in [-0.2, 0) is 4.74 Å². The van der Waals surface area contributed by atoms with Gasteiger partial charge in [-0.15, -0.1) is 0 Å². The van der Waals surface area contributed by atoms with Crippen LogP contribution in [0.2, 0.25) is 0 Å². The van der Waals surface area contributed by atoms with Crippen LogP contribution in [0.25, 0.3) is 16.6 Å². The van der Waals surface area contributed by atoms with Crippen LogP contribution < -0.4 is 5.56 Å². The highest BCUT2D eigenvalue weighted by atomic mass is 127. The first-order valence-corrected chi connectivity index (χ1v) is 11.1. The molecule has 1 aliphatic rings. The number of hydrogen-bond donors (Lipinski definition) is 0. The Morgan fingerprint density at radius 1 is 1.13 bits per heavy atom. The summed E-state index contributed by atoms with van der Waals surface area (Å²) in [7, 11) is 0. The number of hydrogen-bond acceptors (Lipinski definition) is 4. The van der Waals surface area contributed by atoms with E-state index in [1.807, 2.05) is 63.2 Å². The van der Waals surface area contributed by atoms with Crippen molar-refractivity contribution in [3.05, 3.63) is 68.3 Å². The van der Waals surface area contributed by atoms with Crippen LogP contribution in [0.5, 0.6) is 0 Å². The fraction of sp³-hybridized carbons (Fsp3) is 0.348. The summed E-state index contributed by atoms with van der Waals surface area (Å²) < 4.78 is 8.18. The number of ether oxygens (including phenoxy) is 1. The first-order chi connectivity index (χ1) is 14.3. The van der Waals surface area contributed by atoms with E-state index in [0.717, 1.165) is 22.1 Å². The fourth-order valence-corrected chi connectivity index (χ4v) is 4.43. The number of nitrogens with zero attached hydrogens (tertiary/aromatic N) is 3. The predicted octanol–water partition coefficient (Wildman–Crippen LogP) is 5.06. The van der Waals surface area contributed by atoms with E-state index in [-0.39, 0.29) is 17.7 Å². The molecule has 156 valence electrons. The molecule has 1 amide bonds. The van der Waals surface area contributed by atoms with Crippen LogP contribution in [0, 0.1) is 3.57 Å². The van der Waals surface area contributed by atoms with Crippen molar-refractivity contribution in [2.24, 2.45) is 0 Å². The van der Waals surface area contributed by atoms with Crippen molar-refractivity contribution in [1.29, 1.82) is 0 Å². The maximum Gasteiger partial charge on any atom is 0.410 e. The summed E-state index contributed by atoms with van der Waals surface area (Å²) in [4.78, 5) is 33.1. The van der Waals surface area contributed by atoms with Crippen molar-refractivity contribution in [2.45, 2.75) is 45.3 Å². The third kappa shape index (κ3) is 3.95. The smallest absolute Gasteiger partial charge is 0.410 e. The number of fused-ring (bicyclic) bond motifs is 1. The van der Waals surface area contributed by atoms with Gasteiger partial charge in [0.1, 0.15) is 11.4 Å². The van der Waals surface area contributed by atoms with Crippen molar-refractivity contribution in [3.63, 3.8) is 0 Å². The van der Waals surface area contributed by atoms with Gasteiger partial charge in [-0.05, 0) is 80.5 Å². The van der Waals surface area contributed by atoms with E-state index < -0.39 is 5.60 Å². The third-order valence-corrected chi connectivity index (χ3v) is 5.94. The molecule has 2 heterocycles. The Hall–Kier alpha value is -2.42. The van der Waals surface area contributed by atoms with Crippen molar-refractivity contribution in [1.82, 2.24) is 14.5 Å². The zero-order chi connectivity index (χ0) is 21.5. The maximum absolute atomic E-state index is 13.5. The first-order valence-electron chi connectivity index (χ1n) is 10.0. The summed E-state index contributed by atoms with van der Waals surface area (Å²) >= 11 is 2.20. The Balaban J connectivity index is 1.92. The highest BCUT2D eigenvalue weighted by molar-refractivity contribution is 14.1. The van der Waals surface area contributed by atoms with E-state index in [4.69, 9.17) is 9.72 Å². The quantitative estimate of drug-likeness (QED) is 0.446. The second-order valence-electron chi connectivity index (χ2n) is 8.41. The minimum absolute atomic E-state index is 0.129. The lowest BCUT2D eigenvalue weighted by Crippen LogP contribution is -2.38. The van der Waals surface area contributed by atoms with Gasteiger partial charge in [0.15, 0.2) is 0 Å². The molecule has 6 nitrogen and oxygen atoms in total. The minimum Gasteiger partial charge on any atom is -0.444 e. The van der Waals surface area contributed by atoms with Crippen LogP contribution in [-0.4, -0.2) is 32.7 Å². The Kier molecular flexibility index (Phi) is 5.57. The average Bonchev–Trinajstić information content (AvgIpc) is 3.18. The second-order valence-corrected chi connectivity index (χ2v) is 9.58. The lowest BCUT2D eigenvalue weighted by molar-refractivity contribution is 0.0216. The molecule has 1 saturated heterocycles. The number of carbonyl (C=O) groups excluding carboxylic acids is 1. The van der Waals surface area contributed by atoms with Gasteiger partial charge in [0.25, 0.3) is 5.56 Å². The Labute approximate surface area is 189 Å². The molecule has 0 radical (unpaired) electrons. The summed E-state index contributed by atoms with van der Waals surface area (Å²) in [6.07, 6.45) is 1.19. The summed E-state index contributed by atoms with van der Waals surface area (Å²) in [5.74, 6) is 0.575. The van der Waals surface area contributed by atoms with Gasteiger partial charge in [-0.3, -0.25) is 14.3 Å². The van der Waals surface area contributed by atoms with Crippen molar-refractivity contribution in [3.8, 4) is 5.69 Å². The number of carbonyl (C=O) groups is 1. The molecular formula is C23H24IN3O3. The number of para-hydroxylation sites is 2. The lowest BCUT2D eigenvalue weighted by atomic mass is 10.1. The molecule has 0 saturated carbocycles. The topological polar surface area (TPSA) is 64.4 Å². The van der Waals surface area contributed by atoms with Gasteiger partial charge in [-0.2, -0.15) is 0 Å². The second kappa shape index (κ2) is 8.02. The van der Waals surface area contributed by atoms with Gasteiger partial charge < -0.3 is 4.74 Å². The molecule has 3 aromatic rings. The van der Waals surface area contributed by atoms with Gasteiger partial charge in [0.05, 0.1) is 22.6 Å². The molecule has 0 aliphatic carbocycles. The van der Waals surface area contributed by atoms with Gasteiger partial charge in [0, 0.05) is 10.1 Å². The van der Waals surface area contributed by atoms with Gasteiger partial charge in [-0.25, -0.2) is 9.78 Å². The first kappa shape index (κ1) is 20.8. The summed E-state index contributed by atoms with van der Waals surface area (Å²) in [6, 6.07) is 14.8. The molecule has 30 heavy (non-hydrogen) atoms.